The smallest absolute Gasteiger partial charge is 0.405 e. The first-order valence-electron chi connectivity index (χ1n) is 12.0. The zero-order valence-electron chi connectivity index (χ0n) is 19.5. The largest absolute Gasteiger partial charge is 0.465 e. The number of piperidine rings is 1. The van der Waals surface area contributed by atoms with E-state index in [2.05, 4.69) is 15.1 Å². The van der Waals surface area contributed by atoms with Gasteiger partial charge in [0.25, 0.3) is 0 Å². The summed E-state index contributed by atoms with van der Waals surface area (Å²) in [5, 5.41) is 11.0. The van der Waals surface area contributed by atoms with E-state index in [-0.39, 0.29) is 23.8 Å². The van der Waals surface area contributed by atoms with Gasteiger partial charge in [-0.05, 0) is 50.5 Å². The van der Waals surface area contributed by atoms with Gasteiger partial charge >= 0.3 is 12.1 Å². The molecule has 186 valence electrons. The number of piperazine rings is 1. The Morgan fingerprint density at radius 2 is 1.79 bits per heavy atom. The Kier molecular flexibility index (Phi) is 7.25. The molecule has 1 unspecified atom stereocenters. The summed E-state index contributed by atoms with van der Waals surface area (Å²) >= 11 is 0. The van der Waals surface area contributed by atoms with Crippen molar-refractivity contribution in [3.63, 3.8) is 0 Å². The Morgan fingerprint density at radius 1 is 1.15 bits per heavy atom. The van der Waals surface area contributed by atoms with Crippen molar-refractivity contribution in [2.24, 2.45) is 5.41 Å². The van der Waals surface area contributed by atoms with Crippen LogP contribution in [-0.4, -0.2) is 90.8 Å². The van der Waals surface area contributed by atoms with E-state index in [4.69, 9.17) is 9.84 Å². The molecule has 0 saturated carbocycles. The van der Waals surface area contributed by atoms with Gasteiger partial charge in [-0.1, -0.05) is 0 Å². The number of esters is 1. The third-order valence-corrected chi connectivity index (χ3v) is 7.40. The van der Waals surface area contributed by atoms with Crippen LogP contribution in [0.15, 0.2) is 24.3 Å². The molecule has 0 radical (unpaired) electrons. The monoisotopic (exact) mass is 476 g/mol. The van der Waals surface area contributed by atoms with E-state index < -0.39 is 17.6 Å². The van der Waals surface area contributed by atoms with Gasteiger partial charge in [0.05, 0.1) is 5.41 Å². The van der Waals surface area contributed by atoms with Crippen LogP contribution >= 0.6 is 0 Å². The second kappa shape index (κ2) is 10.2. The number of nitrogens with zero attached hydrogens (tertiary/aromatic N) is 3. The van der Waals surface area contributed by atoms with Gasteiger partial charge in [-0.2, -0.15) is 0 Å². The minimum atomic E-state index is -1.23. The van der Waals surface area contributed by atoms with Crippen molar-refractivity contribution in [1.82, 2.24) is 15.1 Å². The van der Waals surface area contributed by atoms with Crippen molar-refractivity contribution in [1.29, 1.82) is 0 Å². The highest BCUT2D eigenvalue weighted by Gasteiger charge is 2.50. The molecule has 2 amide bonds. The second-order valence-electron chi connectivity index (χ2n) is 9.60. The fraction of sp³-hybridized carbons (Fsp3) is 0.625. The second-order valence-corrected chi connectivity index (χ2v) is 9.60. The summed E-state index contributed by atoms with van der Waals surface area (Å²) in [4.78, 5) is 42.2. The number of rotatable bonds is 6. The molecule has 0 aliphatic carbocycles. The first-order chi connectivity index (χ1) is 16.3. The number of ether oxygens (including phenoxy) is 1. The molecule has 1 spiro atoms. The van der Waals surface area contributed by atoms with E-state index in [1.807, 2.05) is 12.1 Å². The van der Waals surface area contributed by atoms with Crippen molar-refractivity contribution < 1.29 is 28.6 Å². The number of amides is 2. The van der Waals surface area contributed by atoms with Crippen LogP contribution in [0.2, 0.25) is 0 Å². The van der Waals surface area contributed by atoms with Gasteiger partial charge in [-0.15, -0.1) is 0 Å². The van der Waals surface area contributed by atoms with E-state index in [1.54, 1.807) is 4.90 Å². The van der Waals surface area contributed by atoms with Gasteiger partial charge < -0.3 is 25.0 Å². The quantitative estimate of drug-likeness (QED) is 0.605. The molecule has 1 aromatic carbocycles. The predicted molar refractivity (Wildman–Crippen MR) is 123 cm³/mol. The highest BCUT2D eigenvalue weighted by atomic mass is 19.1. The van der Waals surface area contributed by atoms with Crippen LogP contribution in [0, 0.1) is 11.2 Å². The number of cyclic esters (lactones) is 1. The van der Waals surface area contributed by atoms with Gasteiger partial charge in [0.15, 0.2) is 0 Å². The molecule has 3 heterocycles. The lowest BCUT2D eigenvalue weighted by atomic mass is 9.75. The number of halogens is 1. The van der Waals surface area contributed by atoms with Crippen LogP contribution in [0.1, 0.15) is 32.6 Å². The third-order valence-electron chi connectivity index (χ3n) is 7.40. The molecule has 34 heavy (non-hydrogen) atoms. The Morgan fingerprint density at radius 3 is 2.41 bits per heavy atom. The molecule has 2 N–H and O–H groups in total. The van der Waals surface area contributed by atoms with E-state index in [1.165, 1.54) is 19.1 Å². The molecule has 2 atom stereocenters. The summed E-state index contributed by atoms with van der Waals surface area (Å²) in [6, 6.07) is 5.79. The van der Waals surface area contributed by atoms with Gasteiger partial charge in [-0.25, -0.2) is 9.18 Å². The summed E-state index contributed by atoms with van der Waals surface area (Å²) in [6.45, 7) is 6.80. The lowest BCUT2D eigenvalue weighted by Crippen LogP contribution is -2.51. The van der Waals surface area contributed by atoms with E-state index >= 15 is 0 Å². The molecule has 3 fully saturated rings. The predicted octanol–water partition coefficient (Wildman–Crippen LogP) is 1.92. The summed E-state index contributed by atoms with van der Waals surface area (Å²) in [5.74, 6) is -0.657. The lowest BCUT2D eigenvalue weighted by molar-refractivity contribution is -0.152. The maximum Gasteiger partial charge on any atom is 0.405 e. The number of likely N-dealkylation sites (tertiary alicyclic amines) is 1. The Labute approximate surface area is 198 Å². The Balaban J connectivity index is 1.21. The van der Waals surface area contributed by atoms with Gasteiger partial charge in [0.2, 0.25) is 5.91 Å². The molecular formula is C24H33FN4O5. The molecule has 3 aliphatic heterocycles. The third kappa shape index (κ3) is 5.43. The number of carbonyl (C=O) groups is 3. The number of hydrogen-bond acceptors (Lipinski definition) is 6. The molecule has 1 aromatic rings. The standard InChI is InChI=1S/C24H33FN4O5/c1-17(26-23(32)33)21(30)29-10-7-24(8-11-29)16-20(34-22(24)31)6-9-27-12-14-28(15-13-27)19-4-2-18(25)3-5-19/h2-5,17,20,26H,6-16H2,1H3,(H,32,33)/t17?,20-/m0/s1. The van der Waals surface area contributed by atoms with Gasteiger partial charge in [0.1, 0.15) is 18.0 Å². The lowest BCUT2D eigenvalue weighted by Gasteiger charge is -2.37. The minimum absolute atomic E-state index is 0.113. The Hall–Kier alpha value is -2.88. The minimum Gasteiger partial charge on any atom is -0.465 e. The van der Waals surface area contributed by atoms with E-state index in [0.29, 0.717) is 32.4 Å². The fourth-order valence-corrected chi connectivity index (χ4v) is 5.29. The van der Waals surface area contributed by atoms with Crippen LogP contribution < -0.4 is 10.2 Å². The van der Waals surface area contributed by atoms with E-state index in [0.717, 1.165) is 44.8 Å². The molecule has 0 bridgehead atoms. The van der Waals surface area contributed by atoms with Gasteiger partial charge in [0, 0.05) is 57.9 Å². The number of hydrogen-bond donors (Lipinski definition) is 2. The average molecular weight is 477 g/mol. The molecule has 3 aliphatic rings. The molecule has 3 saturated heterocycles. The number of anilines is 1. The molecule has 4 rings (SSSR count). The van der Waals surface area contributed by atoms with Crippen LogP contribution in [-0.2, 0) is 14.3 Å². The molecule has 10 heteroatoms. The molecule has 9 nitrogen and oxygen atoms in total. The topological polar surface area (TPSA) is 102 Å². The summed E-state index contributed by atoms with van der Waals surface area (Å²) in [5.41, 5.74) is 0.498. The van der Waals surface area contributed by atoms with Crippen molar-refractivity contribution >= 4 is 23.7 Å². The Bertz CT molecular complexity index is 895. The zero-order valence-corrected chi connectivity index (χ0v) is 19.5. The highest BCUT2D eigenvalue weighted by molar-refractivity contribution is 5.85. The van der Waals surface area contributed by atoms with Crippen LogP contribution in [0.3, 0.4) is 0 Å². The maximum atomic E-state index is 13.1. The normalized spacial score (nSPS) is 23.6. The van der Waals surface area contributed by atoms with Crippen LogP contribution in [0.4, 0.5) is 14.9 Å². The highest BCUT2D eigenvalue weighted by Crippen LogP contribution is 2.44. The van der Waals surface area contributed by atoms with Gasteiger partial charge in [-0.3, -0.25) is 14.5 Å². The van der Waals surface area contributed by atoms with Crippen molar-refractivity contribution in [2.75, 3.05) is 50.7 Å². The summed E-state index contributed by atoms with van der Waals surface area (Å²) in [6.07, 6.45) is 1.21. The zero-order chi connectivity index (χ0) is 24.3. The molecule has 0 aromatic heterocycles. The summed E-state index contributed by atoms with van der Waals surface area (Å²) in [7, 11) is 0. The first-order valence-corrected chi connectivity index (χ1v) is 12.0. The van der Waals surface area contributed by atoms with Crippen molar-refractivity contribution in [3.05, 3.63) is 30.1 Å². The number of carbonyl (C=O) groups excluding carboxylic acids is 2. The van der Waals surface area contributed by atoms with Crippen molar-refractivity contribution in [2.45, 2.75) is 44.8 Å². The van der Waals surface area contributed by atoms with Crippen LogP contribution in [0.5, 0.6) is 0 Å². The average Bonchev–Trinajstić information content (AvgIpc) is 3.12. The van der Waals surface area contributed by atoms with Crippen LogP contribution in [0.25, 0.3) is 0 Å². The maximum absolute atomic E-state index is 13.1. The van der Waals surface area contributed by atoms with Crippen molar-refractivity contribution in [3.8, 4) is 0 Å². The number of benzene rings is 1. The first kappa shape index (κ1) is 24.3. The van der Waals surface area contributed by atoms with E-state index in [9.17, 15) is 18.8 Å². The summed E-state index contributed by atoms with van der Waals surface area (Å²) < 4.78 is 18.9. The molecular weight excluding hydrogens is 443 g/mol. The SMILES string of the molecule is CC(NC(=O)O)C(=O)N1CCC2(CC1)C[C@H](CCN1CCN(c3ccc(F)cc3)CC1)OC2=O. The number of nitrogens with one attached hydrogen (secondary N) is 1. The fourth-order valence-electron chi connectivity index (χ4n) is 5.29. The number of carboxylic acid groups (broad SMARTS) is 1.